The monoisotopic (exact) mass is 337 g/mol. The van der Waals surface area contributed by atoms with Crippen molar-refractivity contribution in [1.29, 1.82) is 0 Å². The van der Waals surface area contributed by atoms with E-state index in [2.05, 4.69) is 5.32 Å². The van der Waals surface area contributed by atoms with Gasteiger partial charge in [0.25, 0.3) is 5.91 Å². The Morgan fingerprint density at radius 3 is 2.50 bits per heavy atom. The Labute approximate surface area is 141 Å². The molecule has 0 aromatic heterocycles. The fraction of sp³-hybridized carbons (Fsp3) is 0.529. The van der Waals surface area contributed by atoms with Crippen LogP contribution in [0.5, 0.6) is 0 Å². The Morgan fingerprint density at radius 1 is 1.21 bits per heavy atom. The molecule has 2 rings (SSSR count). The first-order chi connectivity index (χ1) is 11.5. The van der Waals surface area contributed by atoms with Crippen LogP contribution in [0.1, 0.15) is 15.9 Å². The lowest BCUT2D eigenvalue weighted by Gasteiger charge is -2.35. The van der Waals surface area contributed by atoms with E-state index in [1.807, 2.05) is 0 Å². The van der Waals surface area contributed by atoms with Crippen LogP contribution < -0.4 is 5.32 Å². The number of hydrogen-bond acceptors (Lipinski definition) is 4. The summed E-state index contributed by atoms with van der Waals surface area (Å²) in [6.45, 7) is 5.00. The Bertz CT molecular complexity index is 586. The van der Waals surface area contributed by atoms with E-state index in [4.69, 9.17) is 4.74 Å². The lowest BCUT2D eigenvalue weighted by molar-refractivity contribution is -0.131. The molecule has 0 saturated carbocycles. The molecule has 1 heterocycles. The fourth-order valence-corrected chi connectivity index (χ4v) is 2.55. The molecule has 0 atom stereocenters. The molecule has 1 fully saturated rings. The summed E-state index contributed by atoms with van der Waals surface area (Å²) in [6.07, 6.45) is 0. The molecule has 1 aliphatic rings. The number of carbonyl (C=O) groups excluding carboxylic acids is 2. The zero-order valence-corrected chi connectivity index (χ0v) is 14.2. The van der Waals surface area contributed by atoms with E-state index in [1.54, 1.807) is 36.0 Å². The quantitative estimate of drug-likeness (QED) is 0.775. The molecule has 1 aromatic carbocycles. The summed E-state index contributed by atoms with van der Waals surface area (Å²) < 4.78 is 18.5. The zero-order chi connectivity index (χ0) is 17.5. The van der Waals surface area contributed by atoms with Gasteiger partial charge in [0, 0.05) is 45.4 Å². The van der Waals surface area contributed by atoms with Crippen molar-refractivity contribution in [3.05, 3.63) is 35.1 Å². The van der Waals surface area contributed by atoms with Gasteiger partial charge in [-0.3, -0.25) is 9.59 Å². The van der Waals surface area contributed by atoms with E-state index in [1.165, 1.54) is 6.07 Å². The minimum atomic E-state index is -0.378. The van der Waals surface area contributed by atoms with Crippen molar-refractivity contribution in [3.8, 4) is 0 Å². The van der Waals surface area contributed by atoms with Gasteiger partial charge in [-0.2, -0.15) is 0 Å². The molecule has 0 bridgehead atoms. The van der Waals surface area contributed by atoms with Crippen molar-refractivity contribution in [3.63, 3.8) is 0 Å². The summed E-state index contributed by atoms with van der Waals surface area (Å²) in [7, 11) is 1.61. The van der Waals surface area contributed by atoms with Gasteiger partial charge >= 0.3 is 0 Å². The number of nitrogens with one attached hydrogen (secondary N) is 1. The number of carbonyl (C=O) groups is 2. The molecule has 6 nitrogen and oxygen atoms in total. The molecule has 0 radical (unpaired) electrons. The number of amides is 2. The third-order valence-electron chi connectivity index (χ3n) is 4.10. The van der Waals surface area contributed by atoms with Crippen molar-refractivity contribution in [2.24, 2.45) is 0 Å². The molecule has 1 saturated heterocycles. The largest absolute Gasteiger partial charge is 0.383 e. The molecule has 1 N–H and O–H groups in total. The Balaban J connectivity index is 1.82. The first-order valence-corrected chi connectivity index (χ1v) is 8.05. The SMILES string of the molecule is COCCNCC(=O)N1CCN(C(=O)c2ccc(C)c(F)c2)CC1. The third-order valence-corrected chi connectivity index (χ3v) is 4.10. The summed E-state index contributed by atoms with van der Waals surface area (Å²) in [5, 5.41) is 3.02. The van der Waals surface area contributed by atoms with Crippen LogP contribution in [0, 0.1) is 12.7 Å². The molecule has 1 aromatic rings. The Kier molecular flexibility index (Phi) is 6.69. The summed E-state index contributed by atoms with van der Waals surface area (Å²) in [4.78, 5) is 27.9. The van der Waals surface area contributed by atoms with Gasteiger partial charge in [-0.1, -0.05) is 6.07 Å². The van der Waals surface area contributed by atoms with Gasteiger partial charge in [-0.25, -0.2) is 4.39 Å². The number of piperazine rings is 1. The normalized spacial score (nSPS) is 14.8. The topological polar surface area (TPSA) is 61.9 Å². The summed E-state index contributed by atoms with van der Waals surface area (Å²) in [5.41, 5.74) is 0.863. The third kappa shape index (κ3) is 4.75. The number of hydrogen-bond donors (Lipinski definition) is 1. The van der Waals surface area contributed by atoms with Gasteiger partial charge in [0.15, 0.2) is 0 Å². The van der Waals surface area contributed by atoms with Crippen molar-refractivity contribution in [1.82, 2.24) is 15.1 Å². The van der Waals surface area contributed by atoms with E-state index in [0.29, 0.717) is 50.5 Å². The van der Waals surface area contributed by atoms with Gasteiger partial charge < -0.3 is 19.9 Å². The van der Waals surface area contributed by atoms with Crippen molar-refractivity contribution < 1.29 is 18.7 Å². The van der Waals surface area contributed by atoms with Crippen LogP contribution in [0.4, 0.5) is 4.39 Å². The van der Waals surface area contributed by atoms with Gasteiger partial charge in [-0.15, -0.1) is 0 Å². The first-order valence-electron chi connectivity index (χ1n) is 8.05. The highest BCUT2D eigenvalue weighted by molar-refractivity contribution is 5.94. The van der Waals surface area contributed by atoms with E-state index >= 15 is 0 Å². The maximum Gasteiger partial charge on any atom is 0.254 e. The van der Waals surface area contributed by atoms with Gasteiger partial charge in [-0.05, 0) is 24.6 Å². The summed E-state index contributed by atoms with van der Waals surface area (Å²) >= 11 is 0. The van der Waals surface area contributed by atoms with Crippen LogP contribution in [-0.4, -0.2) is 74.6 Å². The van der Waals surface area contributed by atoms with Crippen molar-refractivity contribution >= 4 is 11.8 Å². The van der Waals surface area contributed by atoms with Gasteiger partial charge in [0.05, 0.1) is 13.2 Å². The van der Waals surface area contributed by atoms with Crippen LogP contribution in [0.2, 0.25) is 0 Å². The highest BCUT2D eigenvalue weighted by Crippen LogP contribution is 2.13. The maximum absolute atomic E-state index is 13.6. The average molecular weight is 337 g/mol. The molecule has 0 unspecified atom stereocenters. The standard InChI is InChI=1S/C17H24FN3O3/c1-13-3-4-14(11-15(13)18)17(23)21-8-6-20(7-9-21)16(22)12-19-5-10-24-2/h3-4,11,19H,5-10,12H2,1-2H3. The first kappa shape index (κ1) is 18.4. The zero-order valence-electron chi connectivity index (χ0n) is 14.2. The van der Waals surface area contributed by atoms with Crippen LogP contribution in [0.3, 0.4) is 0 Å². The number of methoxy groups -OCH3 is 1. The van der Waals surface area contributed by atoms with Gasteiger partial charge in [0.2, 0.25) is 5.91 Å². The van der Waals surface area contributed by atoms with Crippen molar-refractivity contribution in [2.75, 3.05) is 53.0 Å². The smallest absolute Gasteiger partial charge is 0.254 e. The van der Waals surface area contributed by atoms with Crippen LogP contribution in [0.25, 0.3) is 0 Å². The minimum Gasteiger partial charge on any atom is -0.383 e. The molecule has 0 aliphatic carbocycles. The maximum atomic E-state index is 13.6. The molecule has 1 aliphatic heterocycles. The minimum absolute atomic E-state index is 0.0135. The van der Waals surface area contributed by atoms with E-state index in [-0.39, 0.29) is 24.2 Å². The van der Waals surface area contributed by atoms with E-state index in [0.717, 1.165) is 0 Å². The fourth-order valence-electron chi connectivity index (χ4n) is 2.55. The summed E-state index contributed by atoms with van der Waals surface area (Å²) in [6, 6.07) is 4.51. The number of halogens is 1. The van der Waals surface area contributed by atoms with Crippen LogP contribution in [0.15, 0.2) is 18.2 Å². The lowest BCUT2D eigenvalue weighted by atomic mass is 10.1. The number of ether oxygens (including phenoxy) is 1. The van der Waals surface area contributed by atoms with Gasteiger partial charge in [0.1, 0.15) is 5.82 Å². The molecule has 7 heteroatoms. The second-order valence-corrected chi connectivity index (χ2v) is 5.81. The lowest BCUT2D eigenvalue weighted by Crippen LogP contribution is -2.52. The Hall–Kier alpha value is -1.99. The molecular formula is C17H24FN3O3. The number of benzene rings is 1. The molecule has 132 valence electrons. The molecule has 0 spiro atoms. The second kappa shape index (κ2) is 8.75. The van der Waals surface area contributed by atoms with Crippen LogP contribution in [-0.2, 0) is 9.53 Å². The highest BCUT2D eigenvalue weighted by atomic mass is 19.1. The number of aryl methyl sites for hydroxylation is 1. The second-order valence-electron chi connectivity index (χ2n) is 5.81. The van der Waals surface area contributed by atoms with E-state index in [9.17, 15) is 14.0 Å². The van der Waals surface area contributed by atoms with Crippen LogP contribution >= 0.6 is 0 Å². The van der Waals surface area contributed by atoms with Crippen molar-refractivity contribution in [2.45, 2.75) is 6.92 Å². The number of rotatable bonds is 6. The van der Waals surface area contributed by atoms with E-state index < -0.39 is 0 Å². The molecule has 2 amide bonds. The molecular weight excluding hydrogens is 313 g/mol. The highest BCUT2D eigenvalue weighted by Gasteiger charge is 2.24. The average Bonchev–Trinajstić information content (AvgIpc) is 2.60. The summed E-state index contributed by atoms with van der Waals surface area (Å²) in [5.74, 6) is -0.560. The predicted molar refractivity (Wildman–Crippen MR) is 88.4 cm³/mol. The Morgan fingerprint density at radius 2 is 1.88 bits per heavy atom. The molecule has 24 heavy (non-hydrogen) atoms. The number of nitrogens with zero attached hydrogens (tertiary/aromatic N) is 2. The predicted octanol–water partition coefficient (Wildman–Crippen LogP) is 0.655.